The number of Topliss-reactive ketones (excluding diaryl/α,β-unsaturated/α-hetero) is 1. The molecule has 19 heavy (non-hydrogen) atoms. The van der Waals surface area contributed by atoms with Gasteiger partial charge in [-0.25, -0.2) is 0 Å². The van der Waals surface area contributed by atoms with Gasteiger partial charge in [0.1, 0.15) is 0 Å². The number of carbonyl (C=O) groups is 2. The van der Waals surface area contributed by atoms with Crippen molar-refractivity contribution in [3.05, 3.63) is 65.2 Å². The van der Waals surface area contributed by atoms with Crippen LogP contribution in [-0.4, -0.2) is 11.7 Å². The van der Waals surface area contributed by atoms with Crippen molar-refractivity contribution in [1.29, 1.82) is 0 Å². The summed E-state index contributed by atoms with van der Waals surface area (Å²) in [6.45, 7) is 3.80. The molecule has 96 valence electrons. The van der Waals surface area contributed by atoms with Crippen LogP contribution >= 0.6 is 0 Å². The SMILES string of the molecule is Cc1cccc(C)c1NC(=O)C(=O)c1ccccc1. The topological polar surface area (TPSA) is 46.2 Å². The molecule has 0 saturated carbocycles. The minimum absolute atomic E-state index is 0.395. The van der Waals surface area contributed by atoms with Crippen molar-refractivity contribution in [3.63, 3.8) is 0 Å². The molecule has 0 fully saturated rings. The molecule has 1 N–H and O–H groups in total. The molecular weight excluding hydrogens is 238 g/mol. The zero-order valence-electron chi connectivity index (χ0n) is 10.9. The molecule has 1 amide bonds. The fraction of sp³-hybridized carbons (Fsp3) is 0.125. The third-order valence-corrected chi connectivity index (χ3v) is 2.96. The van der Waals surface area contributed by atoms with Crippen molar-refractivity contribution in [1.82, 2.24) is 0 Å². The Bertz CT molecular complexity index is 598. The van der Waals surface area contributed by atoms with Crippen molar-refractivity contribution in [2.75, 3.05) is 5.32 Å². The van der Waals surface area contributed by atoms with Crippen LogP contribution in [0.3, 0.4) is 0 Å². The number of ketones is 1. The van der Waals surface area contributed by atoms with Crippen LogP contribution in [0, 0.1) is 13.8 Å². The monoisotopic (exact) mass is 253 g/mol. The van der Waals surface area contributed by atoms with Crippen LogP contribution < -0.4 is 5.32 Å². The van der Waals surface area contributed by atoms with E-state index in [9.17, 15) is 9.59 Å². The lowest BCUT2D eigenvalue weighted by atomic mass is 10.1. The number of rotatable bonds is 3. The minimum atomic E-state index is -0.608. The summed E-state index contributed by atoms with van der Waals surface area (Å²) in [7, 11) is 0. The molecule has 2 aromatic rings. The van der Waals surface area contributed by atoms with E-state index in [1.807, 2.05) is 32.0 Å². The van der Waals surface area contributed by atoms with Crippen LogP contribution in [0.2, 0.25) is 0 Å². The first kappa shape index (κ1) is 13.0. The van der Waals surface area contributed by atoms with Gasteiger partial charge in [0.15, 0.2) is 0 Å². The van der Waals surface area contributed by atoms with Gasteiger partial charge in [-0.2, -0.15) is 0 Å². The average Bonchev–Trinajstić information content (AvgIpc) is 2.43. The number of benzene rings is 2. The second-order valence-electron chi connectivity index (χ2n) is 4.42. The first-order valence-electron chi connectivity index (χ1n) is 6.06. The van der Waals surface area contributed by atoms with Crippen LogP contribution in [-0.2, 0) is 4.79 Å². The molecule has 0 spiro atoms. The molecule has 0 heterocycles. The Morgan fingerprint density at radius 1 is 0.842 bits per heavy atom. The van der Waals surface area contributed by atoms with Crippen LogP contribution in [0.1, 0.15) is 21.5 Å². The Morgan fingerprint density at radius 3 is 2.00 bits per heavy atom. The normalized spacial score (nSPS) is 10.0. The maximum Gasteiger partial charge on any atom is 0.296 e. The van der Waals surface area contributed by atoms with E-state index in [0.29, 0.717) is 11.3 Å². The minimum Gasteiger partial charge on any atom is -0.319 e. The Labute approximate surface area is 112 Å². The predicted octanol–water partition coefficient (Wildman–Crippen LogP) is 3.12. The van der Waals surface area contributed by atoms with E-state index in [-0.39, 0.29) is 0 Å². The van der Waals surface area contributed by atoms with Gasteiger partial charge in [-0.15, -0.1) is 0 Å². The lowest BCUT2D eigenvalue weighted by Gasteiger charge is -2.10. The molecule has 0 atom stereocenters. The lowest BCUT2D eigenvalue weighted by molar-refractivity contribution is -0.112. The van der Waals surface area contributed by atoms with Crippen molar-refractivity contribution in [2.45, 2.75) is 13.8 Å². The molecule has 3 heteroatoms. The van der Waals surface area contributed by atoms with Gasteiger partial charge in [-0.05, 0) is 25.0 Å². The first-order valence-corrected chi connectivity index (χ1v) is 6.06. The zero-order valence-corrected chi connectivity index (χ0v) is 10.9. The van der Waals surface area contributed by atoms with Crippen molar-refractivity contribution < 1.29 is 9.59 Å². The highest BCUT2D eigenvalue weighted by atomic mass is 16.2. The van der Waals surface area contributed by atoms with E-state index in [1.165, 1.54) is 0 Å². The summed E-state index contributed by atoms with van der Waals surface area (Å²) >= 11 is 0. The molecule has 0 aliphatic rings. The van der Waals surface area contributed by atoms with Gasteiger partial charge in [0.25, 0.3) is 11.7 Å². The van der Waals surface area contributed by atoms with E-state index in [4.69, 9.17) is 0 Å². The van der Waals surface area contributed by atoms with Crippen LogP contribution in [0.4, 0.5) is 5.69 Å². The van der Waals surface area contributed by atoms with Crippen LogP contribution in [0.15, 0.2) is 48.5 Å². The molecule has 0 radical (unpaired) electrons. The maximum absolute atomic E-state index is 12.0. The van der Waals surface area contributed by atoms with E-state index < -0.39 is 11.7 Å². The highest BCUT2D eigenvalue weighted by molar-refractivity contribution is 6.46. The number of nitrogens with one attached hydrogen (secondary N) is 1. The Morgan fingerprint density at radius 2 is 1.42 bits per heavy atom. The van der Waals surface area contributed by atoms with Crippen LogP contribution in [0.25, 0.3) is 0 Å². The number of hydrogen-bond acceptors (Lipinski definition) is 2. The summed E-state index contributed by atoms with van der Waals surface area (Å²) in [6.07, 6.45) is 0. The van der Waals surface area contributed by atoms with E-state index in [0.717, 1.165) is 11.1 Å². The molecular formula is C16H15NO2. The molecule has 0 unspecified atom stereocenters. The van der Waals surface area contributed by atoms with Crippen LogP contribution in [0.5, 0.6) is 0 Å². The molecule has 0 aromatic heterocycles. The van der Waals surface area contributed by atoms with E-state index in [2.05, 4.69) is 5.32 Å². The summed E-state index contributed by atoms with van der Waals surface area (Å²) in [5.74, 6) is -1.13. The summed E-state index contributed by atoms with van der Waals surface area (Å²) in [5.41, 5.74) is 2.98. The quantitative estimate of drug-likeness (QED) is 0.674. The third kappa shape index (κ3) is 2.88. The van der Waals surface area contributed by atoms with Gasteiger partial charge in [0, 0.05) is 11.3 Å². The van der Waals surface area contributed by atoms with Gasteiger partial charge >= 0.3 is 0 Å². The summed E-state index contributed by atoms with van der Waals surface area (Å²) in [6, 6.07) is 14.3. The predicted molar refractivity (Wildman–Crippen MR) is 75.3 cm³/mol. The second-order valence-corrected chi connectivity index (χ2v) is 4.42. The van der Waals surface area contributed by atoms with Gasteiger partial charge in [0.05, 0.1) is 0 Å². The number of hydrogen-bond donors (Lipinski definition) is 1. The lowest BCUT2D eigenvalue weighted by Crippen LogP contribution is -2.23. The summed E-state index contributed by atoms with van der Waals surface area (Å²) < 4.78 is 0. The third-order valence-electron chi connectivity index (χ3n) is 2.96. The molecule has 3 nitrogen and oxygen atoms in total. The number of para-hydroxylation sites is 1. The first-order chi connectivity index (χ1) is 9.09. The molecule has 0 saturated heterocycles. The standard InChI is InChI=1S/C16H15NO2/c1-11-7-6-8-12(2)14(11)17-16(19)15(18)13-9-4-3-5-10-13/h3-10H,1-2H3,(H,17,19). The van der Waals surface area contributed by atoms with E-state index >= 15 is 0 Å². The molecule has 0 aliphatic heterocycles. The van der Waals surface area contributed by atoms with Gasteiger partial charge in [-0.1, -0.05) is 48.5 Å². The maximum atomic E-state index is 12.0. The average molecular weight is 253 g/mol. The van der Waals surface area contributed by atoms with Gasteiger partial charge in [-0.3, -0.25) is 9.59 Å². The number of amides is 1. The molecule has 0 aliphatic carbocycles. The smallest absolute Gasteiger partial charge is 0.296 e. The Kier molecular flexibility index (Phi) is 3.76. The largest absolute Gasteiger partial charge is 0.319 e. The second kappa shape index (κ2) is 5.48. The van der Waals surface area contributed by atoms with Crippen molar-refractivity contribution in [3.8, 4) is 0 Å². The Balaban J connectivity index is 2.21. The fourth-order valence-corrected chi connectivity index (χ4v) is 1.90. The molecule has 0 bridgehead atoms. The fourth-order valence-electron chi connectivity index (χ4n) is 1.90. The molecule has 2 aromatic carbocycles. The molecule has 2 rings (SSSR count). The van der Waals surface area contributed by atoms with E-state index in [1.54, 1.807) is 30.3 Å². The van der Waals surface area contributed by atoms with Crippen molar-refractivity contribution >= 4 is 17.4 Å². The zero-order chi connectivity index (χ0) is 13.8. The summed E-state index contributed by atoms with van der Waals surface area (Å²) in [4.78, 5) is 23.9. The van der Waals surface area contributed by atoms with Crippen molar-refractivity contribution in [2.24, 2.45) is 0 Å². The van der Waals surface area contributed by atoms with Gasteiger partial charge < -0.3 is 5.32 Å². The number of anilines is 1. The number of carbonyl (C=O) groups excluding carboxylic acids is 2. The Hall–Kier alpha value is -2.42. The van der Waals surface area contributed by atoms with Gasteiger partial charge in [0.2, 0.25) is 0 Å². The highest BCUT2D eigenvalue weighted by Crippen LogP contribution is 2.19. The highest BCUT2D eigenvalue weighted by Gasteiger charge is 2.17. The number of aryl methyl sites for hydroxylation is 2. The summed E-state index contributed by atoms with van der Waals surface area (Å²) in [5, 5.41) is 2.69.